The molecule has 0 saturated carbocycles. The third kappa shape index (κ3) is 5.35. The SMILES string of the molecule is CN(C)/C=C/C1=CC(=C(C#N)C#N)C=C(/C=C/N(C)C)N1CCO. The second kappa shape index (κ2) is 9.24. The first-order valence-electron chi connectivity index (χ1n) is 7.48. The van der Waals surface area contributed by atoms with Crippen LogP contribution in [0.4, 0.5) is 0 Å². The third-order valence-electron chi connectivity index (χ3n) is 3.15. The van der Waals surface area contributed by atoms with E-state index in [0.717, 1.165) is 11.4 Å². The first kappa shape index (κ1) is 19.1. The van der Waals surface area contributed by atoms with E-state index in [-0.39, 0.29) is 12.2 Å². The van der Waals surface area contributed by atoms with Crippen LogP contribution in [0.25, 0.3) is 0 Å². The summed E-state index contributed by atoms with van der Waals surface area (Å²) in [7, 11) is 7.63. The lowest BCUT2D eigenvalue weighted by Gasteiger charge is -2.30. The summed E-state index contributed by atoms with van der Waals surface area (Å²) in [6.07, 6.45) is 11.1. The van der Waals surface area contributed by atoms with Crippen LogP contribution in [0.2, 0.25) is 0 Å². The fourth-order valence-corrected chi connectivity index (χ4v) is 2.05. The lowest BCUT2D eigenvalue weighted by Crippen LogP contribution is -2.27. The van der Waals surface area contributed by atoms with Gasteiger partial charge in [0.2, 0.25) is 0 Å². The molecule has 0 aromatic rings. The Morgan fingerprint density at radius 3 is 1.83 bits per heavy atom. The number of rotatable bonds is 6. The van der Waals surface area contributed by atoms with Crippen molar-refractivity contribution in [2.75, 3.05) is 41.3 Å². The average molecular weight is 325 g/mol. The minimum absolute atomic E-state index is 0.0112. The van der Waals surface area contributed by atoms with E-state index in [4.69, 9.17) is 10.5 Å². The monoisotopic (exact) mass is 325 g/mol. The summed E-state index contributed by atoms with van der Waals surface area (Å²) < 4.78 is 0. The lowest BCUT2D eigenvalue weighted by molar-refractivity contribution is 0.253. The van der Waals surface area contributed by atoms with Gasteiger partial charge in [0.1, 0.15) is 17.7 Å². The molecular weight excluding hydrogens is 302 g/mol. The molecule has 1 N–H and O–H groups in total. The van der Waals surface area contributed by atoms with Gasteiger partial charge in [-0.05, 0) is 24.3 Å². The van der Waals surface area contributed by atoms with Crippen molar-refractivity contribution in [2.45, 2.75) is 0 Å². The second-order valence-electron chi connectivity index (χ2n) is 5.63. The van der Waals surface area contributed by atoms with Crippen LogP contribution >= 0.6 is 0 Å². The van der Waals surface area contributed by atoms with Gasteiger partial charge in [-0.2, -0.15) is 10.5 Å². The van der Waals surface area contributed by atoms with Crippen LogP contribution in [0.3, 0.4) is 0 Å². The zero-order valence-electron chi connectivity index (χ0n) is 14.6. The predicted molar refractivity (Wildman–Crippen MR) is 93.9 cm³/mol. The molecule has 126 valence electrons. The Morgan fingerprint density at radius 1 is 1.04 bits per heavy atom. The van der Waals surface area contributed by atoms with Crippen molar-refractivity contribution in [1.82, 2.24) is 14.7 Å². The largest absolute Gasteiger partial charge is 0.395 e. The van der Waals surface area contributed by atoms with Gasteiger partial charge in [0, 0.05) is 64.1 Å². The van der Waals surface area contributed by atoms with E-state index in [0.29, 0.717) is 12.1 Å². The lowest BCUT2D eigenvalue weighted by atomic mass is 10.0. The van der Waals surface area contributed by atoms with Crippen molar-refractivity contribution in [3.8, 4) is 12.1 Å². The Bertz CT molecular complexity index is 627. The minimum Gasteiger partial charge on any atom is -0.395 e. The van der Waals surface area contributed by atoms with Gasteiger partial charge in [0.25, 0.3) is 0 Å². The molecular formula is C18H23N5O. The molecule has 0 amide bonds. The molecule has 0 saturated heterocycles. The Kier molecular flexibility index (Phi) is 7.35. The van der Waals surface area contributed by atoms with Crippen molar-refractivity contribution in [2.24, 2.45) is 0 Å². The van der Waals surface area contributed by atoms with Crippen LogP contribution in [-0.4, -0.2) is 61.1 Å². The van der Waals surface area contributed by atoms with Crippen LogP contribution in [0.15, 0.2) is 59.2 Å². The van der Waals surface area contributed by atoms with Gasteiger partial charge in [0.05, 0.1) is 6.61 Å². The fraction of sp³-hybridized carbons (Fsp3) is 0.333. The Morgan fingerprint density at radius 2 is 1.50 bits per heavy atom. The summed E-state index contributed by atoms with van der Waals surface area (Å²) in [6.45, 7) is 0.400. The summed E-state index contributed by atoms with van der Waals surface area (Å²) in [5.41, 5.74) is 2.23. The highest BCUT2D eigenvalue weighted by molar-refractivity contribution is 5.56. The molecule has 0 aromatic heterocycles. The summed E-state index contributed by atoms with van der Waals surface area (Å²) in [5.74, 6) is 0. The van der Waals surface area contributed by atoms with Crippen LogP contribution in [0, 0.1) is 22.7 Å². The second-order valence-corrected chi connectivity index (χ2v) is 5.63. The molecule has 0 fully saturated rings. The molecule has 0 spiro atoms. The van der Waals surface area contributed by atoms with Gasteiger partial charge in [-0.3, -0.25) is 0 Å². The summed E-state index contributed by atoms with van der Waals surface area (Å²) >= 11 is 0. The molecule has 6 heteroatoms. The number of β-amino-alcohol motifs (C(OH)–C–C–N with tert-alkyl or cyclic N) is 1. The molecule has 0 unspecified atom stereocenters. The first-order chi connectivity index (χ1) is 11.4. The molecule has 0 atom stereocenters. The third-order valence-corrected chi connectivity index (χ3v) is 3.15. The number of nitriles is 2. The number of allylic oxidation sites excluding steroid dienone is 6. The zero-order valence-corrected chi connectivity index (χ0v) is 14.6. The Hall–Kier alpha value is -2.96. The van der Waals surface area contributed by atoms with Gasteiger partial charge < -0.3 is 19.8 Å². The van der Waals surface area contributed by atoms with Crippen LogP contribution in [-0.2, 0) is 0 Å². The van der Waals surface area contributed by atoms with Crippen molar-refractivity contribution >= 4 is 0 Å². The maximum atomic E-state index is 9.39. The van der Waals surface area contributed by atoms with Crippen molar-refractivity contribution in [3.05, 3.63) is 59.2 Å². The predicted octanol–water partition coefficient (Wildman–Crippen LogP) is 1.56. The molecule has 6 nitrogen and oxygen atoms in total. The number of nitrogens with zero attached hydrogens (tertiary/aromatic N) is 5. The molecule has 1 heterocycles. The smallest absolute Gasteiger partial charge is 0.137 e. The number of aliphatic hydroxyl groups excluding tert-OH is 1. The van der Waals surface area contributed by atoms with E-state index >= 15 is 0 Å². The quantitative estimate of drug-likeness (QED) is 0.747. The van der Waals surface area contributed by atoms with E-state index in [1.54, 1.807) is 12.2 Å². The van der Waals surface area contributed by atoms with Crippen molar-refractivity contribution in [3.63, 3.8) is 0 Å². The number of aliphatic hydroxyl groups is 1. The summed E-state index contributed by atoms with van der Waals surface area (Å²) in [6, 6.07) is 3.86. The van der Waals surface area contributed by atoms with E-state index < -0.39 is 0 Å². The maximum absolute atomic E-state index is 9.39. The maximum Gasteiger partial charge on any atom is 0.137 e. The Labute approximate surface area is 143 Å². The van der Waals surface area contributed by atoms with Gasteiger partial charge in [-0.1, -0.05) is 0 Å². The van der Waals surface area contributed by atoms with Crippen LogP contribution in [0.1, 0.15) is 0 Å². The zero-order chi connectivity index (χ0) is 18.1. The van der Waals surface area contributed by atoms with E-state index in [2.05, 4.69) is 0 Å². The molecule has 1 aliphatic rings. The number of hydrogen-bond donors (Lipinski definition) is 1. The molecule has 24 heavy (non-hydrogen) atoms. The Balaban J connectivity index is 3.45. The van der Waals surface area contributed by atoms with Crippen molar-refractivity contribution < 1.29 is 5.11 Å². The van der Waals surface area contributed by atoms with E-state index in [1.807, 2.05) is 79.6 Å². The highest BCUT2D eigenvalue weighted by Crippen LogP contribution is 2.26. The highest BCUT2D eigenvalue weighted by atomic mass is 16.3. The van der Waals surface area contributed by atoms with Crippen LogP contribution < -0.4 is 0 Å². The molecule has 0 aromatic carbocycles. The molecule has 0 radical (unpaired) electrons. The van der Waals surface area contributed by atoms with Gasteiger partial charge in [-0.25, -0.2) is 0 Å². The number of hydrogen-bond acceptors (Lipinski definition) is 6. The standard InChI is InChI=1S/C18H23N5O/c1-21(2)7-5-17-11-15(16(13-19)14-20)12-18(6-8-22(3)4)23(17)9-10-24/h5-8,11-12,24H,9-10H2,1-4H3/b7-5+,8-6+. The minimum atomic E-state index is -0.0112. The summed E-state index contributed by atoms with van der Waals surface area (Å²) in [5, 5.41) is 27.7. The van der Waals surface area contributed by atoms with Gasteiger partial charge >= 0.3 is 0 Å². The highest BCUT2D eigenvalue weighted by Gasteiger charge is 2.18. The molecule has 0 bridgehead atoms. The molecule has 1 aliphatic heterocycles. The topological polar surface area (TPSA) is 77.5 Å². The molecule has 1 rings (SSSR count). The average Bonchev–Trinajstić information content (AvgIpc) is 2.54. The van der Waals surface area contributed by atoms with E-state index in [1.165, 1.54) is 0 Å². The van der Waals surface area contributed by atoms with Gasteiger partial charge in [0.15, 0.2) is 0 Å². The fourth-order valence-electron chi connectivity index (χ4n) is 2.05. The normalized spacial score (nSPS) is 14.3. The van der Waals surface area contributed by atoms with Crippen molar-refractivity contribution in [1.29, 1.82) is 10.5 Å². The van der Waals surface area contributed by atoms with Crippen LogP contribution in [0.5, 0.6) is 0 Å². The van der Waals surface area contributed by atoms with Gasteiger partial charge in [-0.15, -0.1) is 0 Å². The summed E-state index contributed by atoms with van der Waals surface area (Å²) in [4.78, 5) is 5.73. The first-order valence-corrected chi connectivity index (χ1v) is 7.48. The van der Waals surface area contributed by atoms with E-state index in [9.17, 15) is 5.11 Å². The molecule has 0 aliphatic carbocycles.